The van der Waals surface area contributed by atoms with Gasteiger partial charge in [-0.3, -0.25) is 4.79 Å². The Labute approximate surface area is 195 Å². The van der Waals surface area contributed by atoms with Crippen molar-refractivity contribution in [2.75, 3.05) is 13.7 Å². The monoisotopic (exact) mass is 463 g/mol. The van der Waals surface area contributed by atoms with Crippen molar-refractivity contribution in [1.82, 2.24) is 14.6 Å². The molecule has 0 aliphatic heterocycles. The van der Waals surface area contributed by atoms with Crippen LogP contribution in [0.25, 0.3) is 22.4 Å². The minimum absolute atomic E-state index is 0.224. The standard InChI is InChI=1S/C25H25N3O4S/c1-3-4-5-6-15-32-20-13-11-18(12-14-20)22-26-25-28(27-22)23(29)21(33-25)16-17-7-9-19(10-8-17)24(30)31-2/h7-14,16H,3-6,15H2,1-2H3. The number of nitrogens with zero attached hydrogens (tertiary/aromatic N) is 3. The summed E-state index contributed by atoms with van der Waals surface area (Å²) in [4.78, 5) is 29.4. The minimum Gasteiger partial charge on any atom is -0.494 e. The van der Waals surface area contributed by atoms with E-state index in [0.717, 1.165) is 23.3 Å². The van der Waals surface area contributed by atoms with E-state index in [1.807, 2.05) is 24.3 Å². The van der Waals surface area contributed by atoms with Gasteiger partial charge in [0.15, 0.2) is 5.82 Å². The number of unbranched alkanes of at least 4 members (excludes halogenated alkanes) is 3. The van der Waals surface area contributed by atoms with E-state index in [2.05, 4.69) is 17.0 Å². The molecule has 170 valence electrons. The average molecular weight is 464 g/mol. The van der Waals surface area contributed by atoms with Crippen LogP contribution >= 0.6 is 11.3 Å². The second-order valence-electron chi connectivity index (χ2n) is 7.59. The molecule has 33 heavy (non-hydrogen) atoms. The van der Waals surface area contributed by atoms with Crippen LogP contribution in [-0.4, -0.2) is 34.3 Å². The first-order valence-electron chi connectivity index (χ1n) is 10.9. The van der Waals surface area contributed by atoms with Crippen LogP contribution < -0.4 is 14.8 Å². The highest BCUT2D eigenvalue weighted by atomic mass is 32.1. The van der Waals surface area contributed by atoms with E-state index in [0.29, 0.717) is 27.5 Å². The quantitative estimate of drug-likeness (QED) is 0.274. The van der Waals surface area contributed by atoms with Gasteiger partial charge in [-0.05, 0) is 54.5 Å². The molecule has 0 fully saturated rings. The SMILES string of the molecule is CCCCCCOc1ccc(-c2nc3sc(=Cc4ccc(C(=O)OC)cc4)c(=O)n3n2)cc1. The Morgan fingerprint density at radius 3 is 2.48 bits per heavy atom. The molecule has 7 nitrogen and oxygen atoms in total. The van der Waals surface area contributed by atoms with Crippen molar-refractivity contribution in [3.05, 3.63) is 74.5 Å². The molecule has 0 atom stereocenters. The summed E-state index contributed by atoms with van der Waals surface area (Å²) in [6.07, 6.45) is 6.43. The maximum atomic E-state index is 12.8. The number of esters is 1. The lowest BCUT2D eigenvalue weighted by Gasteiger charge is -2.06. The van der Waals surface area contributed by atoms with Gasteiger partial charge >= 0.3 is 5.97 Å². The summed E-state index contributed by atoms with van der Waals surface area (Å²) in [5.74, 6) is 0.918. The molecular formula is C25H25N3O4S. The highest BCUT2D eigenvalue weighted by Gasteiger charge is 2.12. The third-order valence-electron chi connectivity index (χ3n) is 5.19. The Balaban J connectivity index is 1.49. The molecule has 2 aromatic heterocycles. The van der Waals surface area contributed by atoms with Gasteiger partial charge in [-0.2, -0.15) is 9.50 Å². The second kappa shape index (κ2) is 10.4. The Morgan fingerprint density at radius 1 is 1.06 bits per heavy atom. The smallest absolute Gasteiger partial charge is 0.337 e. The van der Waals surface area contributed by atoms with Crippen LogP contribution in [0.15, 0.2) is 53.3 Å². The van der Waals surface area contributed by atoms with Gasteiger partial charge in [-0.15, -0.1) is 5.10 Å². The zero-order valence-corrected chi connectivity index (χ0v) is 19.4. The molecule has 0 saturated carbocycles. The molecule has 0 bridgehead atoms. The lowest BCUT2D eigenvalue weighted by Crippen LogP contribution is -2.23. The van der Waals surface area contributed by atoms with Crippen molar-refractivity contribution in [3.8, 4) is 17.1 Å². The highest BCUT2D eigenvalue weighted by molar-refractivity contribution is 7.15. The van der Waals surface area contributed by atoms with Crippen molar-refractivity contribution in [2.24, 2.45) is 0 Å². The first kappa shape index (κ1) is 22.7. The van der Waals surface area contributed by atoms with E-state index < -0.39 is 5.97 Å². The topological polar surface area (TPSA) is 82.8 Å². The van der Waals surface area contributed by atoms with Gasteiger partial charge < -0.3 is 9.47 Å². The van der Waals surface area contributed by atoms with Crippen LogP contribution in [0.1, 0.15) is 48.5 Å². The molecule has 0 unspecified atom stereocenters. The minimum atomic E-state index is -0.399. The van der Waals surface area contributed by atoms with Gasteiger partial charge in [0.05, 0.1) is 23.8 Å². The predicted octanol–water partition coefficient (Wildman–Crippen LogP) is 4.11. The van der Waals surface area contributed by atoms with Gasteiger partial charge in [0.1, 0.15) is 5.75 Å². The summed E-state index contributed by atoms with van der Waals surface area (Å²) in [7, 11) is 1.34. The third-order valence-corrected chi connectivity index (χ3v) is 6.15. The molecule has 4 aromatic rings. The number of methoxy groups -OCH3 is 1. The van der Waals surface area contributed by atoms with Gasteiger partial charge in [-0.1, -0.05) is 49.7 Å². The summed E-state index contributed by atoms with van der Waals surface area (Å²) >= 11 is 1.27. The molecule has 0 N–H and O–H groups in total. The maximum Gasteiger partial charge on any atom is 0.337 e. The Bertz CT molecular complexity index is 1340. The molecule has 2 aromatic carbocycles. The first-order valence-corrected chi connectivity index (χ1v) is 11.7. The molecule has 0 radical (unpaired) electrons. The van der Waals surface area contributed by atoms with Crippen LogP contribution in [0, 0.1) is 0 Å². The largest absolute Gasteiger partial charge is 0.494 e. The van der Waals surface area contributed by atoms with Crippen molar-refractivity contribution in [2.45, 2.75) is 32.6 Å². The molecule has 0 saturated heterocycles. The van der Waals surface area contributed by atoms with Crippen LogP contribution in [-0.2, 0) is 4.74 Å². The van der Waals surface area contributed by atoms with Gasteiger partial charge in [0.25, 0.3) is 5.56 Å². The van der Waals surface area contributed by atoms with E-state index in [1.54, 1.807) is 30.3 Å². The Hall–Kier alpha value is -3.52. The second-order valence-corrected chi connectivity index (χ2v) is 8.60. The number of ether oxygens (including phenoxy) is 2. The average Bonchev–Trinajstić information content (AvgIpc) is 3.38. The van der Waals surface area contributed by atoms with Gasteiger partial charge in [-0.25, -0.2) is 4.79 Å². The Kier molecular flexibility index (Phi) is 7.14. The molecule has 0 spiro atoms. The fourth-order valence-electron chi connectivity index (χ4n) is 3.36. The van der Waals surface area contributed by atoms with E-state index in [-0.39, 0.29) is 5.56 Å². The fraction of sp³-hybridized carbons (Fsp3) is 0.280. The first-order chi connectivity index (χ1) is 16.1. The van der Waals surface area contributed by atoms with Gasteiger partial charge in [0, 0.05) is 5.56 Å². The molecule has 4 rings (SSSR count). The number of benzene rings is 2. The van der Waals surface area contributed by atoms with Crippen LogP contribution in [0.2, 0.25) is 0 Å². The molecule has 0 aliphatic carbocycles. The Morgan fingerprint density at radius 2 is 1.82 bits per heavy atom. The summed E-state index contributed by atoms with van der Waals surface area (Å²) in [5, 5.41) is 4.40. The fourth-order valence-corrected chi connectivity index (χ4v) is 4.27. The summed E-state index contributed by atoms with van der Waals surface area (Å²) in [6.45, 7) is 2.90. The van der Waals surface area contributed by atoms with Crippen LogP contribution in [0.4, 0.5) is 0 Å². The van der Waals surface area contributed by atoms with E-state index in [1.165, 1.54) is 42.2 Å². The number of carbonyl (C=O) groups excluding carboxylic acids is 1. The lowest BCUT2D eigenvalue weighted by atomic mass is 10.1. The number of fused-ring (bicyclic) bond motifs is 1. The normalized spacial score (nSPS) is 11.8. The molecule has 0 aliphatic rings. The van der Waals surface area contributed by atoms with E-state index >= 15 is 0 Å². The zero-order valence-electron chi connectivity index (χ0n) is 18.6. The lowest BCUT2D eigenvalue weighted by molar-refractivity contribution is 0.0600. The summed E-state index contributed by atoms with van der Waals surface area (Å²) < 4.78 is 12.3. The maximum absolute atomic E-state index is 12.8. The molecule has 0 amide bonds. The van der Waals surface area contributed by atoms with Crippen molar-refractivity contribution in [1.29, 1.82) is 0 Å². The van der Waals surface area contributed by atoms with Crippen LogP contribution in [0.3, 0.4) is 0 Å². The van der Waals surface area contributed by atoms with Crippen molar-refractivity contribution in [3.63, 3.8) is 0 Å². The summed E-state index contributed by atoms with van der Waals surface area (Å²) in [6, 6.07) is 14.5. The molecular weight excluding hydrogens is 438 g/mol. The number of hydrogen-bond acceptors (Lipinski definition) is 7. The number of rotatable bonds is 9. The van der Waals surface area contributed by atoms with E-state index in [9.17, 15) is 9.59 Å². The highest BCUT2D eigenvalue weighted by Crippen LogP contribution is 2.21. The zero-order chi connectivity index (χ0) is 23.2. The van der Waals surface area contributed by atoms with E-state index in [4.69, 9.17) is 9.47 Å². The third kappa shape index (κ3) is 5.28. The molecule has 8 heteroatoms. The van der Waals surface area contributed by atoms with Crippen LogP contribution in [0.5, 0.6) is 5.75 Å². The summed E-state index contributed by atoms with van der Waals surface area (Å²) in [5.41, 5.74) is 1.86. The number of aromatic nitrogens is 3. The number of hydrogen-bond donors (Lipinski definition) is 0. The van der Waals surface area contributed by atoms with Gasteiger partial charge in [0.2, 0.25) is 4.96 Å². The van der Waals surface area contributed by atoms with Crippen molar-refractivity contribution >= 4 is 28.3 Å². The number of thiazole rings is 1. The molecule has 2 heterocycles. The number of carbonyl (C=O) groups is 1. The predicted molar refractivity (Wildman–Crippen MR) is 129 cm³/mol. The van der Waals surface area contributed by atoms with Crippen molar-refractivity contribution < 1.29 is 14.3 Å².